The lowest BCUT2D eigenvalue weighted by atomic mass is 10.1. The fourth-order valence-corrected chi connectivity index (χ4v) is 3.45. The van der Waals surface area contributed by atoms with Crippen molar-refractivity contribution in [2.75, 3.05) is 0 Å². The lowest BCUT2D eigenvalue weighted by Crippen LogP contribution is -2.07. The molecule has 1 N–H and O–H groups in total. The molecule has 0 aliphatic heterocycles. The first-order valence-electron chi connectivity index (χ1n) is 9.04. The molecule has 0 amide bonds. The maximum Gasteiger partial charge on any atom is 0.272 e. The van der Waals surface area contributed by atoms with Crippen molar-refractivity contribution >= 4 is 28.4 Å². The van der Waals surface area contributed by atoms with Gasteiger partial charge in [-0.1, -0.05) is 53.7 Å². The highest BCUT2D eigenvalue weighted by Gasteiger charge is 2.34. The molecule has 2 aromatic rings. The molecule has 150 valence electrons. The van der Waals surface area contributed by atoms with E-state index in [1.54, 1.807) is 54.6 Å². The maximum absolute atomic E-state index is 11.8. The Morgan fingerprint density at radius 2 is 1.41 bits per heavy atom. The van der Waals surface area contributed by atoms with Crippen molar-refractivity contribution in [2.45, 2.75) is 6.42 Å². The minimum atomic E-state index is -0.477. The number of ketones is 2. The minimum Gasteiger partial charge on any atom is -0.410 e. The standard InChI is InChI=1S/C12H5N3O2.C12H6N2O/c1-14-9(6-13)10-7-4-2-3-5-8(7)12(16)11(10)15-17;1-14-11(7-13)10-6-12(15)9-5-3-2-4-8(9)10/h2-5,17H;2-5H,6H2/b10-9+,15-11+;11-10-. The zero-order valence-corrected chi connectivity index (χ0v) is 16.3. The lowest BCUT2D eigenvalue weighted by Gasteiger charge is -1.98. The Hall–Kier alpha value is -5.31. The molecule has 2 aliphatic rings. The van der Waals surface area contributed by atoms with Crippen LogP contribution in [0.4, 0.5) is 0 Å². The fourth-order valence-electron chi connectivity index (χ4n) is 3.45. The van der Waals surface area contributed by atoms with Gasteiger partial charge in [-0.3, -0.25) is 9.59 Å². The van der Waals surface area contributed by atoms with E-state index in [2.05, 4.69) is 14.8 Å². The van der Waals surface area contributed by atoms with E-state index in [0.717, 1.165) is 5.56 Å². The van der Waals surface area contributed by atoms with Crippen LogP contribution in [0.1, 0.15) is 38.3 Å². The van der Waals surface area contributed by atoms with E-state index in [4.69, 9.17) is 28.9 Å². The van der Waals surface area contributed by atoms with Crippen LogP contribution in [0, 0.1) is 35.8 Å². The second kappa shape index (κ2) is 9.01. The molecule has 0 spiro atoms. The third-order valence-electron chi connectivity index (χ3n) is 4.84. The van der Waals surface area contributed by atoms with Crippen molar-refractivity contribution in [1.29, 1.82) is 10.5 Å². The number of rotatable bonds is 0. The molecule has 0 saturated carbocycles. The Balaban J connectivity index is 0.000000182. The summed E-state index contributed by atoms with van der Waals surface area (Å²) in [5, 5.41) is 29.3. The van der Waals surface area contributed by atoms with Crippen molar-refractivity contribution in [2.24, 2.45) is 5.16 Å². The van der Waals surface area contributed by atoms with E-state index >= 15 is 0 Å². The van der Waals surface area contributed by atoms with E-state index in [1.165, 1.54) is 0 Å². The predicted octanol–water partition coefficient (Wildman–Crippen LogP) is 4.29. The largest absolute Gasteiger partial charge is 0.410 e. The number of hydrogen-bond donors (Lipinski definition) is 1. The summed E-state index contributed by atoms with van der Waals surface area (Å²) in [6.45, 7) is 13.8. The van der Waals surface area contributed by atoms with Gasteiger partial charge in [-0.25, -0.2) is 20.2 Å². The summed E-state index contributed by atoms with van der Waals surface area (Å²) < 4.78 is 0. The molecule has 32 heavy (non-hydrogen) atoms. The van der Waals surface area contributed by atoms with Crippen molar-refractivity contribution in [3.8, 4) is 12.1 Å². The highest BCUT2D eigenvalue weighted by atomic mass is 16.4. The van der Waals surface area contributed by atoms with Gasteiger partial charge in [-0.05, 0) is 16.7 Å². The minimum absolute atomic E-state index is 0.0167. The van der Waals surface area contributed by atoms with Crippen LogP contribution in [-0.4, -0.2) is 22.5 Å². The highest BCUT2D eigenvalue weighted by Crippen LogP contribution is 2.34. The number of benzene rings is 2. The van der Waals surface area contributed by atoms with Gasteiger partial charge < -0.3 is 5.21 Å². The van der Waals surface area contributed by atoms with Gasteiger partial charge in [0.05, 0.1) is 25.3 Å². The Morgan fingerprint density at radius 1 is 0.875 bits per heavy atom. The number of nitriles is 2. The first-order chi connectivity index (χ1) is 15.5. The van der Waals surface area contributed by atoms with Gasteiger partial charge in [-0.2, -0.15) is 0 Å². The molecule has 0 aromatic heterocycles. The number of carbonyl (C=O) groups excluding carboxylic acids is 2. The average Bonchev–Trinajstić information content (AvgIpc) is 3.31. The lowest BCUT2D eigenvalue weighted by molar-refractivity contribution is 0.100. The van der Waals surface area contributed by atoms with Crippen molar-refractivity contribution < 1.29 is 14.8 Å². The quantitative estimate of drug-likeness (QED) is 0.296. The van der Waals surface area contributed by atoms with Gasteiger partial charge in [0.15, 0.2) is 5.78 Å². The highest BCUT2D eigenvalue weighted by molar-refractivity contribution is 6.65. The Bertz CT molecular complexity index is 1400. The Labute approximate surface area is 182 Å². The second-order valence-electron chi connectivity index (χ2n) is 6.47. The number of allylic oxidation sites excluding steroid dienone is 4. The molecule has 8 nitrogen and oxygen atoms in total. The normalized spacial score (nSPS) is 17.6. The third kappa shape index (κ3) is 3.53. The van der Waals surface area contributed by atoms with Crippen molar-refractivity contribution in [3.63, 3.8) is 0 Å². The smallest absolute Gasteiger partial charge is 0.272 e. The SMILES string of the molecule is [C-]#[N+]/C(C#N)=C1/C(=N\O)C(=O)c2ccccc21.[C-]#[N+]/C(C#N)=C1/CC(=O)c2ccccc21. The number of oxime groups is 1. The number of nitrogens with zero attached hydrogens (tertiary/aromatic N) is 5. The van der Waals surface area contributed by atoms with Crippen molar-refractivity contribution in [1.82, 2.24) is 0 Å². The molecule has 0 radical (unpaired) electrons. The van der Waals surface area contributed by atoms with Crippen LogP contribution in [0.2, 0.25) is 0 Å². The Morgan fingerprint density at radius 3 is 1.94 bits per heavy atom. The first-order valence-corrected chi connectivity index (χ1v) is 9.04. The molecule has 0 bridgehead atoms. The monoisotopic (exact) mass is 417 g/mol. The van der Waals surface area contributed by atoms with E-state index < -0.39 is 5.78 Å². The summed E-state index contributed by atoms with van der Waals surface area (Å²) in [6.07, 6.45) is 0.171. The predicted molar refractivity (Wildman–Crippen MR) is 114 cm³/mol. The molecular formula is C24H11N5O3. The van der Waals surface area contributed by atoms with Crippen LogP contribution in [-0.2, 0) is 0 Å². The number of carbonyl (C=O) groups is 2. The summed E-state index contributed by atoms with van der Waals surface area (Å²) in [4.78, 5) is 29.6. The van der Waals surface area contributed by atoms with Crippen LogP contribution in [0.5, 0.6) is 0 Å². The van der Waals surface area contributed by atoms with Gasteiger partial charge in [0.1, 0.15) is 5.71 Å². The van der Waals surface area contributed by atoms with E-state index in [1.807, 2.05) is 6.07 Å². The molecule has 2 aliphatic carbocycles. The summed E-state index contributed by atoms with van der Waals surface area (Å²) >= 11 is 0. The van der Waals surface area contributed by atoms with Gasteiger partial charge in [0, 0.05) is 23.1 Å². The zero-order chi connectivity index (χ0) is 23.3. The van der Waals surface area contributed by atoms with Gasteiger partial charge in [-0.15, -0.1) is 0 Å². The molecule has 0 unspecified atom stereocenters. The molecular weight excluding hydrogens is 406 g/mol. The second-order valence-corrected chi connectivity index (χ2v) is 6.47. The maximum atomic E-state index is 11.8. The topological polar surface area (TPSA) is 123 Å². The first kappa shape index (κ1) is 21.4. The van der Waals surface area contributed by atoms with E-state index in [0.29, 0.717) is 22.3 Å². The van der Waals surface area contributed by atoms with E-state index in [-0.39, 0.29) is 34.9 Å². The number of hydrogen-bond acceptors (Lipinski definition) is 6. The summed E-state index contributed by atoms with van der Waals surface area (Å²) in [5.74, 6) is -0.494. The molecule has 4 rings (SSSR count). The number of fused-ring (bicyclic) bond motifs is 2. The molecule has 8 heteroatoms. The summed E-state index contributed by atoms with van der Waals surface area (Å²) in [5.41, 5.74) is 2.32. The molecule has 0 heterocycles. The van der Waals surface area contributed by atoms with Gasteiger partial charge in [0.25, 0.3) is 11.4 Å². The summed E-state index contributed by atoms with van der Waals surface area (Å²) in [7, 11) is 0. The molecule has 0 fully saturated rings. The summed E-state index contributed by atoms with van der Waals surface area (Å²) in [6, 6.07) is 17.1. The van der Waals surface area contributed by atoms with Crippen LogP contribution >= 0.6 is 0 Å². The Kier molecular flexibility index (Phi) is 6.03. The van der Waals surface area contributed by atoms with Gasteiger partial charge in [0.2, 0.25) is 5.78 Å². The van der Waals surface area contributed by atoms with Gasteiger partial charge >= 0.3 is 0 Å². The molecule has 0 atom stereocenters. The zero-order valence-electron chi connectivity index (χ0n) is 16.3. The van der Waals surface area contributed by atoms with Crippen LogP contribution in [0.3, 0.4) is 0 Å². The molecule has 2 aromatic carbocycles. The van der Waals surface area contributed by atoms with Crippen LogP contribution in [0.15, 0.2) is 65.1 Å². The van der Waals surface area contributed by atoms with Crippen LogP contribution < -0.4 is 0 Å². The fraction of sp³-hybridized carbons (Fsp3) is 0.0417. The average molecular weight is 417 g/mol. The van der Waals surface area contributed by atoms with E-state index in [9.17, 15) is 9.59 Å². The van der Waals surface area contributed by atoms with Crippen LogP contribution in [0.25, 0.3) is 20.8 Å². The third-order valence-corrected chi connectivity index (χ3v) is 4.84. The number of Topliss-reactive ketones (excluding diaryl/α,β-unsaturated/α-hetero) is 2. The molecule has 0 saturated heterocycles. The van der Waals surface area contributed by atoms with Crippen molar-refractivity contribution in [3.05, 3.63) is 105 Å².